The van der Waals surface area contributed by atoms with Crippen LogP contribution < -0.4 is 10.9 Å². The first-order chi connectivity index (χ1) is 9.36. The second-order valence-corrected chi connectivity index (χ2v) is 5.11. The van der Waals surface area contributed by atoms with Crippen molar-refractivity contribution >= 4 is 17.3 Å². The van der Waals surface area contributed by atoms with Gasteiger partial charge in [0.15, 0.2) is 0 Å². The summed E-state index contributed by atoms with van der Waals surface area (Å²) in [6.45, 7) is 5.31. The van der Waals surface area contributed by atoms with Gasteiger partial charge in [0.1, 0.15) is 11.6 Å². The van der Waals surface area contributed by atoms with Gasteiger partial charge in [-0.15, -0.1) is 0 Å². The van der Waals surface area contributed by atoms with E-state index in [1.165, 1.54) is 12.1 Å². The van der Waals surface area contributed by atoms with Crippen LogP contribution in [0.3, 0.4) is 0 Å². The lowest BCUT2D eigenvalue weighted by Crippen LogP contribution is -2.23. The summed E-state index contributed by atoms with van der Waals surface area (Å²) in [5, 5.41) is 3.35. The molecule has 0 amide bonds. The molecule has 0 saturated carbocycles. The Bertz CT molecular complexity index is 679. The van der Waals surface area contributed by atoms with Crippen LogP contribution in [0.1, 0.15) is 30.0 Å². The summed E-state index contributed by atoms with van der Waals surface area (Å²) in [7, 11) is 0. The van der Waals surface area contributed by atoms with Gasteiger partial charge in [0.05, 0.1) is 17.3 Å². The van der Waals surface area contributed by atoms with Crippen LogP contribution in [0, 0.1) is 19.7 Å². The average molecular weight is 296 g/mol. The van der Waals surface area contributed by atoms with Gasteiger partial charge in [-0.25, -0.2) is 9.37 Å². The number of aromatic amines is 1. The second kappa shape index (κ2) is 5.63. The molecule has 1 aromatic heterocycles. The van der Waals surface area contributed by atoms with E-state index >= 15 is 0 Å². The minimum absolute atomic E-state index is 0.197. The topological polar surface area (TPSA) is 57.8 Å². The smallest absolute Gasteiger partial charge is 0.256 e. The third-order valence-electron chi connectivity index (χ3n) is 2.94. The Morgan fingerprint density at radius 2 is 2.05 bits per heavy atom. The van der Waals surface area contributed by atoms with Gasteiger partial charge < -0.3 is 10.3 Å². The summed E-state index contributed by atoms with van der Waals surface area (Å²) >= 11 is 5.80. The summed E-state index contributed by atoms with van der Waals surface area (Å²) in [5.74, 6) is 0.136. The highest BCUT2D eigenvalue weighted by Gasteiger charge is 2.15. The maximum Gasteiger partial charge on any atom is 0.256 e. The quantitative estimate of drug-likeness (QED) is 0.913. The van der Waals surface area contributed by atoms with E-state index in [1.807, 2.05) is 6.92 Å². The van der Waals surface area contributed by atoms with Gasteiger partial charge in [-0.3, -0.25) is 4.79 Å². The zero-order valence-electron chi connectivity index (χ0n) is 11.4. The summed E-state index contributed by atoms with van der Waals surface area (Å²) in [4.78, 5) is 18.9. The van der Waals surface area contributed by atoms with E-state index in [4.69, 9.17) is 11.6 Å². The second-order valence-electron chi connectivity index (χ2n) is 4.67. The minimum atomic E-state index is -0.431. The van der Waals surface area contributed by atoms with Crippen LogP contribution in [0.25, 0.3) is 0 Å². The van der Waals surface area contributed by atoms with Crippen molar-refractivity contribution in [2.75, 3.05) is 5.32 Å². The highest BCUT2D eigenvalue weighted by atomic mass is 35.5. The molecule has 4 nitrogen and oxygen atoms in total. The van der Waals surface area contributed by atoms with Gasteiger partial charge in [-0.1, -0.05) is 11.6 Å². The molecule has 1 atom stereocenters. The lowest BCUT2D eigenvalue weighted by atomic mass is 10.1. The predicted octanol–water partition coefficient (Wildman–Crippen LogP) is 3.35. The molecular weight excluding hydrogens is 281 g/mol. The number of aromatic nitrogens is 2. The Morgan fingerprint density at radius 1 is 1.35 bits per heavy atom. The number of H-pyrrole nitrogens is 1. The van der Waals surface area contributed by atoms with Crippen LogP contribution in [-0.2, 0) is 0 Å². The number of hydrogen-bond acceptors (Lipinski definition) is 3. The van der Waals surface area contributed by atoms with Gasteiger partial charge in [-0.05, 0) is 39.0 Å². The van der Waals surface area contributed by atoms with Gasteiger partial charge in [0.25, 0.3) is 5.56 Å². The number of hydrogen-bond donors (Lipinski definition) is 2. The summed E-state index contributed by atoms with van der Waals surface area (Å²) in [5.41, 5.74) is 1.49. The van der Waals surface area contributed by atoms with Gasteiger partial charge in [0.2, 0.25) is 0 Å². The molecule has 0 radical (unpaired) electrons. The number of benzene rings is 1. The first-order valence-electron chi connectivity index (χ1n) is 6.17. The van der Waals surface area contributed by atoms with Crippen molar-refractivity contribution in [2.45, 2.75) is 26.8 Å². The van der Waals surface area contributed by atoms with E-state index in [1.54, 1.807) is 19.9 Å². The maximum absolute atomic E-state index is 13.3. The van der Waals surface area contributed by atoms with E-state index in [-0.39, 0.29) is 11.6 Å². The van der Waals surface area contributed by atoms with Crippen molar-refractivity contribution in [3.8, 4) is 0 Å². The number of rotatable bonds is 3. The minimum Gasteiger partial charge on any atom is -0.378 e. The molecule has 1 unspecified atom stereocenters. The molecule has 2 N–H and O–H groups in total. The van der Waals surface area contributed by atoms with Crippen molar-refractivity contribution in [2.24, 2.45) is 0 Å². The first kappa shape index (κ1) is 14.5. The molecule has 0 aliphatic heterocycles. The molecule has 1 heterocycles. The molecule has 0 spiro atoms. The molecule has 0 bridgehead atoms. The van der Waals surface area contributed by atoms with E-state index in [0.717, 1.165) is 0 Å². The van der Waals surface area contributed by atoms with Crippen LogP contribution in [0.15, 0.2) is 23.0 Å². The van der Waals surface area contributed by atoms with Crippen LogP contribution in [0.2, 0.25) is 5.02 Å². The molecule has 20 heavy (non-hydrogen) atoms. The van der Waals surface area contributed by atoms with E-state index in [2.05, 4.69) is 15.3 Å². The van der Waals surface area contributed by atoms with Crippen LogP contribution in [0.5, 0.6) is 0 Å². The average Bonchev–Trinajstić information content (AvgIpc) is 2.25. The monoisotopic (exact) mass is 295 g/mol. The van der Waals surface area contributed by atoms with Crippen molar-refractivity contribution < 1.29 is 4.39 Å². The molecule has 106 valence electrons. The third kappa shape index (κ3) is 3.17. The number of aryl methyl sites for hydroxylation is 2. The SMILES string of the molecule is Cc1nc(C)c(C(C)Nc2cc(F)cc(Cl)c2)c(=O)[nH]1. The molecule has 6 heteroatoms. The van der Waals surface area contributed by atoms with Crippen LogP contribution >= 0.6 is 11.6 Å². The Morgan fingerprint density at radius 3 is 2.65 bits per heavy atom. The Hall–Kier alpha value is -1.88. The highest BCUT2D eigenvalue weighted by molar-refractivity contribution is 6.30. The van der Waals surface area contributed by atoms with E-state index in [9.17, 15) is 9.18 Å². The predicted molar refractivity (Wildman–Crippen MR) is 77.8 cm³/mol. The Labute approximate surface area is 121 Å². The standard InChI is InChI=1S/C14H15ClFN3O/c1-7-13(14(20)19-9(3)17-7)8(2)18-12-5-10(15)4-11(16)6-12/h4-6,8,18H,1-3H3,(H,17,19,20). The summed E-state index contributed by atoms with van der Waals surface area (Å²) in [6, 6.07) is 3.84. The molecule has 1 aromatic carbocycles. The van der Waals surface area contributed by atoms with Crippen molar-refractivity contribution in [3.63, 3.8) is 0 Å². The zero-order valence-corrected chi connectivity index (χ0v) is 12.2. The largest absolute Gasteiger partial charge is 0.378 e. The fourth-order valence-electron chi connectivity index (χ4n) is 2.20. The number of halogens is 2. The normalized spacial score (nSPS) is 12.2. The number of nitrogens with zero attached hydrogens (tertiary/aromatic N) is 1. The molecule has 2 aromatic rings. The highest BCUT2D eigenvalue weighted by Crippen LogP contribution is 2.22. The van der Waals surface area contributed by atoms with Crippen molar-refractivity contribution in [3.05, 3.63) is 56.5 Å². The first-order valence-corrected chi connectivity index (χ1v) is 6.54. The molecule has 0 aliphatic rings. The van der Waals surface area contributed by atoms with Crippen molar-refractivity contribution in [1.29, 1.82) is 0 Å². The van der Waals surface area contributed by atoms with Crippen LogP contribution in [-0.4, -0.2) is 9.97 Å². The fraction of sp³-hybridized carbons (Fsp3) is 0.286. The number of nitrogens with one attached hydrogen (secondary N) is 2. The maximum atomic E-state index is 13.3. The zero-order chi connectivity index (χ0) is 14.9. The molecular formula is C14H15ClFN3O. The lowest BCUT2D eigenvalue weighted by molar-refractivity contribution is 0.628. The Kier molecular flexibility index (Phi) is 4.09. The third-order valence-corrected chi connectivity index (χ3v) is 3.16. The molecule has 0 saturated heterocycles. The fourth-order valence-corrected chi connectivity index (χ4v) is 2.43. The summed E-state index contributed by atoms with van der Waals surface area (Å²) < 4.78 is 13.3. The van der Waals surface area contributed by atoms with Gasteiger partial charge in [0, 0.05) is 10.7 Å². The number of anilines is 1. The molecule has 0 fully saturated rings. The molecule has 2 rings (SSSR count). The molecule has 0 aliphatic carbocycles. The van der Waals surface area contributed by atoms with E-state index in [0.29, 0.717) is 27.8 Å². The lowest BCUT2D eigenvalue weighted by Gasteiger charge is -2.17. The van der Waals surface area contributed by atoms with Gasteiger partial charge >= 0.3 is 0 Å². The Balaban J connectivity index is 2.33. The van der Waals surface area contributed by atoms with Crippen LogP contribution in [0.4, 0.5) is 10.1 Å². The van der Waals surface area contributed by atoms with Crippen molar-refractivity contribution in [1.82, 2.24) is 9.97 Å². The van der Waals surface area contributed by atoms with Gasteiger partial charge in [-0.2, -0.15) is 0 Å². The summed E-state index contributed by atoms with van der Waals surface area (Å²) in [6.07, 6.45) is 0. The van der Waals surface area contributed by atoms with E-state index < -0.39 is 5.82 Å².